The van der Waals surface area contributed by atoms with Gasteiger partial charge in [0.15, 0.2) is 0 Å². The van der Waals surface area contributed by atoms with Gasteiger partial charge in [0.2, 0.25) is 11.8 Å². The number of carbonyl (C=O) groups excluding carboxylic acids is 2. The third-order valence-electron chi connectivity index (χ3n) is 3.92. The first kappa shape index (κ1) is 12.4. The van der Waals surface area contributed by atoms with Crippen molar-refractivity contribution in [2.45, 2.75) is 38.8 Å². The van der Waals surface area contributed by atoms with Gasteiger partial charge in [0.05, 0.1) is 6.04 Å². The van der Waals surface area contributed by atoms with Crippen molar-refractivity contribution in [1.29, 1.82) is 0 Å². The standard InChI is InChI=1S/C12H21N3O2/c1-8-4-5-13-9(8)10(16)15-7-6-14-11(17)12(15,2)3/h8-9,13H,4-7H2,1-3H3,(H,14,17). The van der Waals surface area contributed by atoms with Gasteiger partial charge in [0.1, 0.15) is 5.54 Å². The Morgan fingerprint density at radius 3 is 2.71 bits per heavy atom. The summed E-state index contributed by atoms with van der Waals surface area (Å²) in [6.45, 7) is 7.73. The van der Waals surface area contributed by atoms with E-state index < -0.39 is 5.54 Å². The second-order valence-electron chi connectivity index (χ2n) is 5.50. The van der Waals surface area contributed by atoms with Crippen molar-refractivity contribution in [3.63, 3.8) is 0 Å². The lowest BCUT2D eigenvalue weighted by Gasteiger charge is -2.42. The number of hydrogen-bond acceptors (Lipinski definition) is 3. The number of nitrogens with zero attached hydrogens (tertiary/aromatic N) is 1. The summed E-state index contributed by atoms with van der Waals surface area (Å²) in [6.07, 6.45) is 1.02. The molecule has 0 saturated carbocycles. The first-order valence-corrected chi connectivity index (χ1v) is 6.28. The third-order valence-corrected chi connectivity index (χ3v) is 3.92. The average Bonchev–Trinajstić information content (AvgIpc) is 2.68. The third kappa shape index (κ3) is 2.04. The molecule has 0 bridgehead atoms. The normalized spacial score (nSPS) is 32.4. The number of piperazine rings is 1. The Balaban J connectivity index is 2.15. The van der Waals surface area contributed by atoms with Crippen LogP contribution in [0.3, 0.4) is 0 Å². The van der Waals surface area contributed by atoms with E-state index in [1.807, 2.05) is 0 Å². The molecule has 17 heavy (non-hydrogen) atoms. The number of nitrogens with one attached hydrogen (secondary N) is 2. The van der Waals surface area contributed by atoms with Gasteiger partial charge in [-0.25, -0.2) is 0 Å². The fourth-order valence-electron chi connectivity index (χ4n) is 2.62. The van der Waals surface area contributed by atoms with Gasteiger partial charge in [0.25, 0.3) is 0 Å². The van der Waals surface area contributed by atoms with E-state index in [2.05, 4.69) is 17.6 Å². The molecule has 2 atom stereocenters. The van der Waals surface area contributed by atoms with Crippen molar-refractivity contribution < 1.29 is 9.59 Å². The number of rotatable bonds is 1. The highest BCUT2D eigenvalue weighted by Crippen LogP contribution is 2.23. The maximum absolute atomic E-state index is 12.5. The Hall–Kier alpha value is -1.10. The Labute approximate surface area is 102 Å². The summed E-state index contributed by atoms with van der Waals surface area (Å²) in [7, 11) is 0. The van der Waals surface area contributed by atoms with E-state index in [-0.39, 0.29) is 17.9 Å². The first-order valence-electron chi connectivity index (χ1n) is 6.28. The number of amides is 2. The molecule has 2 saturated heterocycles. The van der Waals surface area contributed by atoms with Crippen LogP contribution in [0.2, 0.25) is 0 Å². The molecule has 96 valence electrons. The highest BCUT2D eigenvalue weighted by molar-refractivity contribution is 5.93. The molecular formula is C12H21N3O2. The molecule has 2 amide bonds. The maximum Gasteiger partial charge on any atom is 0.245 e. The molecule has 0 spiro atoms. The van der Waals surface area contributed by atoms with E-state index in [0.717, 1.165) is 13.0 Å². The van der Waals surface area contributed by atoms with Crippen LogP contribution in [-0.4, -0.2) is 47.9 Å². The van der Waals surface area contributed by atoms with E-state index >= 15 is 0 Å². The molecular weight excluding hydrogens is 218 g/mol. The summed E-state index contributed by atoms with van der Waals surface area (Å²) in [6, 6.07) is -0.125. The van der Waals surface area contributed by atoms with Gasteiger partial charge in [-0.15, -0.1) is 0 Å². The SMILES string of the molecule is CC1CCNC1C(=O)N1CCNC(=O)C1(C)C. The van der Waals surface area contributed by atoms with E-state index in [9.17, 15) is 9.59 Å². The van der Waals surface area contributed by atoms with Crippen LogP contribution in [0.5, 0.6) is 0 Å². The average molecular weight is 239 g/mol. The lowest BCUT2D eigenvalue weighted by Crippen LogP contribution is -2.66. The van der Waals surface area contributed by atoms with Crippen LogP contribution in [0.4, 0.5) is 0 Å². The largest absolute Gasteiger partial charge is 0.352 e. The Bertz CT molecular complexity index is 341. The minimum atomic E-state index is -0.737. The summed E-state index contributed by atoms with van der Waals surface area (Å²) in [4.78, 5) is 26.0. The van der Waals surface area contributed by atoms with Crippen molar-refractivity contribution in [2.24, 2.45) is 5.92 Å². The molecule has 5 nitrogen and oxygen atoms in total. The fourth-order valence-corrected chi connectivity index (χ4v) is 2.62. The van der Waals surface area contributed by atoms with Gasteiger partial charge in [-0.1, -0.05) is 6.92 Å². The smallest absolute Gasteiger partial charge is 0.245 e. The lowest BCUT2D eigenvalue weighted by atomic mass is 9.95. The number of hydrogen-bond donors (Lipinski definition) is 2. The second kappa shape index (κ2) is 4.29. The minimum Gasteiger partial charge on any atom is -0.352 e. The van der Waals surface area contributed by atoms with Crippen LogP contribution in [0.25, 0.3) is 0 Å². The monoisotopic (exact) mass is 239 g/mol. The van der Waals surface area contributed by atoms with Crippen molar-refractivity contribution in [2.75, 3.05) is 19.6 Å². The molecule has 0 aromatic heterocycles. The zero-order valence-corrected chi connectivity index (χ0v) is 10.7. The summed E-state index contributed by atoms with van der Waals surface area (Å²) in [5.74, 6) is 0.348. The van der Waals surface area contributed by atoms with E-state index in [1.54, 1.807) is 18.7 Å². The van der Waals surface area contributed by atoms with Gasteiger partial charge in [-0.05, 0) is 32.7 Å². The van der Waals surface area contributed by atoms with E-state index in [1.165, 1.54) is 0 Å². The number of carbonyl (C=O) groups is 2. The Kier molecular flexibility index (Phi) is 3.12. The molecule has 2 aliphatic heterocycles. The van der Waals surface area contributed by atoms with E-state index in [4.69, 9.17) is 0 Å². The van der Waals surface area contributed by atoms with Gasteiger partial charge in [-0.2, -0.15) is 0 Å². The van der Waals surface area contributed by atoms with Crippen LogP contribution >= 0.6 is 0 Å². The predicted molar refractivity (Wildman–Crippen MR) is 64.4 cm³/mol. The van der Waals surface area contributed by atoms with Gasteiger partial charge in [-0.3, -0.25) is 9.59 Å². The predicted octanol–water partition coefficient (Wildman–Crippen LogP) is -0.279. The molecule has 2 heterocycles. The fraction of sp³-hybridized carbons (Fsp3) is 0.833. The van der Waals surface area contributed by atoms with Crippen molar-refractivity contribution in [3.05, 3.63) is 0 Å². The summed E-state index contributed by atoms with van der Waals surface area (Å²) in [5.41, 5.74) is -0.737. The van der Waals surface area contributed by atoms with Gasteiger partial charge >= 0.3 is 0 Å². The second-order valence-corrected chi connectivity index (χ2v) is 5.50. The Morgan fingerprint density at radius 2 is 2.12 bits per heavy atom. The minimum absolute atomic E-state index is 0.0647. The summed E-state index contributed by atoms with van der Waals surface area (Å²) < 4.78 is 0. The van der Waals surface area contributed by atoms with Gasteiger partial charge < -0.3 is 15.5 Å². The lowest BCUT2D eigenvalue weighted by molar-refractivity contribution is -0.150. The molecule has 0 aromatic carbocycles. The van der Waals surface area contributed by atoms with Crippen LogP contribution < -0.4 is 10.6 Å². The molecule has 0 aromatic rings. The molecule has 0 radical (unpaired) electrons. The van der Waals surface area contributed by atoms with Crippen LogP contribution in [0, 0.1) is 5.92 Å². The highest BCUT2D eigenvalue weighted by atomic mass is 16.2. The van der Waals surface area contributed by atoms with Crippen molar-refractivity contribution in [1.82, 2.24) is 15.5 Å². The topological polar surface area (TPSA) is 61.4 Å². The molecule has 5 heteroatoms. The summed E-state index contributed by atoms with van der Waals surface area (Å²) >= 11 is 0. The molecule has 2 unspecified atom stereocenters. The first-order chi connectivity index (χ1) is 7.94. The van der Waals surface area contributed by atoms with E-state index in [0.29, 0.717) is 19.0 Å². The van der Waals surface area contributed by atoms with Crippen LogP contribution in [-0.2, 0) is 9.59 Å². The molecule has 2 fully saturated rings. The van der Waals surface area contributed by atoms with Crippen molar-refractivity contribution in [3.8, 4) is 0 Å². The quantitative estimate of drug-likeness (QED) is 0.661. The molecule has 2 N–H and O–H groups in total. The summed E-state index contributed by atoms with van der Waals surface area (Å²) in [5, 5.41) is 6.04. The van der Waals surface area contributed by atoms with Gasteiger partial charge in [0, 0.05) is 13.1 Å². The maximum atomic E-state index is 12.5. The zero-order chi connectivity index (χ0) is 12.6. The Morgan fingerprint density at radius 1 is 1.41 bits per heavy atom. The molecule has 2 rings (SSSR count). The van der Waals surface area contributed by atoms with Crippen molar-refractivity contribution >= 4 is 11.8 Å². The molecule has 2 aliphatic rings. The zero-order valence-electron chi connectivity index (χ0n) is 10.7. The van der Waals surface area contributed by atoms with Crippen LogP contribution in [0.1, 0.15) is 27.2 Å². The highest BCUT2D eigenvalue weighted by Gasteiger charge is 2.44. The van der Waals surface area contributed by atoms with Crippen LogP contribution in [0.15, 0.2) is 0 Å². The molecule has 0 aliphatic carbocycles.